The molecule has 1 aromatic carbocycles. The van der Waals surface area contributed by atoms with Gasteiger partial charge in [0.05, 0.1) is 22.3 Å². The number of hydrogen-bond acceptors (Lipinski definition) is 7. The first-order valence-electron chi connectivity index (χ1n) is 8.90. The fourth-order valence-electron chi connectivity index (χ4n) is 2.78. The lowest BCUT2D eigenvalue weighted by Gasteiger charge is -2.12. The number of pyridine rings is 1. The summed E-state index contributed by atoms with van der Waals surface area (Å²) < 4.78 is 18.6. The van der Waals surface area contributed by atoms with Crippen molar-refractivity contribution < 1.29 is 13.7 Å². The summed E-state index contributed by atoms with van der Waals surface area (Å²) in [4.78, 5) is 17.5. The van der Waals surface area contributed by atoms with Gasteiger partial charge in [0.1, 0.15) is 10.8 Å². The van der Waals surface area contributed by atoms with Gasteiger partial charge in [-0.15, -0.1) is 10.2 Å². The number of rotatable bonds is 3. The molecule has 0 unspecified atom stereocenters. The van der Waals surface area contributed by atoms with Crippen LogP contribution in [0.2, 0.25) is 0 Å². The Labute approximate surface area is 170 Å². The van der Waals surface area contributed by atoms with Crippen molar-refractivity contribution in [2.75, 3.05) is 5.32 Å². The van der Waals surface area contributed by atoms with Crippen molar-refractivity contribution in [2.45, 2.75) is 33.1 Å². The van der Waals surface area contributed by atoms with E-state index in [9.17, 15) is 9.18 Å². The lowest BCUT2D eigenvalue weighted by Crippen LogP contribution is -2.13. The highest BCUT2D eigenvalue weighted by molar-refractivity contribution is 7.15. The zero-order valence-corrected chi connectivity index (χ0v) is 17.1. The molecule has 29 heavy (non-hydrogen) atoms. The van der Waals surface area contributed by atoms with Gasteiger partial charge in [-0.2, -0.15) is 0 Å². The number of carbonyl (C=O) groups excluding carboxylic acids is 1. The minimum atomic E-state index is -0.372. The van der Waals surface area contributed by atoms with Crippen molar-refractivity contribution in [3.05, 3.63) is 52.4 Å². The van der Waals surface area contributed by atoms with Crippen molar-refractivity contribution in [2.24, 2.45) is 0 Å². The maximum absolute atomic E-state index is 13.3. The van der Waals surface area contributed by atoms with E-state index in [1.807, 2.05) is 20.8 Å². The molecule has 148 valence electrons. The molecule has 1 N–H and O–H groups in total. The summed E-state index contributed by atoms with van der Waals surface area (Å²) in [5, 5.41) is 16.7. The molecule has 0 aliphatic carbocycles. The number of aromatic nitrogens is 4. The third-order valence-electron chi connectivity index (χ3n) is 4.29. The highest BCUT2D eigenvalue weighted by Crippen LogP contribution is 2.30. The molecular formula is C20H18FN5O2S. The average molecular weight is 411 g/mol. The molecule has 0 radical (unpaired) electrons. The van der Waals surface area contributed by atoms with Crippen molar-refractivity contribution in [3.63, 3.8) is 0 Å². The summed E-state index contributed by atoms with van der Waals surface area (Å²) in [6.07, 6.45) is 0. The Hall–Kier alpha value is -3.20. The number of carbonyl (C=O) groups is 1. The van der Waals surface area contributed by atoms with Crippen LogP contribution >= 0.6 is 11.3 Å². The molecular weight excluding hydrogens is 393 g/mol. The van der Waals surface area contributed by atoms with Crippen LogP contribution in [0.5, 0.6) is 0 Å². The van der Waals surface area contributed by atoms with E-state index in [1.165, 1.54) is 23.5 Å². The first-order valence-corrected chi connectivity index (χ1v) is 9.72. The Morgan fingerprint density at radius 1 is 1.17 bits per heavy atom. The monoisotopic (exact) mass is 411 g/mol. The zero-order valence-electron chi connectivity index (χ0n) is 16.3. The van der Waals surface area contributed by atoms with Crippen LogP contribution < -0.4 is 5.32 Å². The van der Waals surface area contributed by atoms with Gasteiger partial charge in [0.15, 0.2) is 0 Å². The highest BCUT2D eigenvalue weighted by Gasteiger charge is 2.23. The Kier molecular flexibility index (Phi) is 4.62. The largest absolute Gasteiger partial charge is 0.335 e. The number of hydrogen-bond donors (Lipinski definition) is 1. The zero-order chi connectivity index (χ0) is 20.8. The second kappa shape index (κ2) is 7.00. The lowest BCUT2D eigenvalue weighted by atomic mass is 9.98. The molecule has 1 amide bonds. The maximum atomic E-state index is 13.3. The summed E-state index contributed by atoms with van der Waals surface area (Å²) in [7, 11) is 0. The minimum absolute atomic E-state index is 0.161. The maximum Gasteiger partial charge on any atom is 0.259 e. The van der Waals surface area contributed by atoms with E-state index in [4.69, 9.17) is 4.52 Å². The molecule has 9 heteroatoms. The smallest absolute Gasteiger partial charge is 0.259 e. The number of aryl methyl sites for hydroxylation is 1. The van der Waals surface area contributed by atoms with E-state index in [0.717, 1.165) is 5.01 Å². The molecule has 0 spiro atoms. The van der Waals surface area contributed by atoms with E-state index in [1.54, 1.807) is 25.1 Å². The van der Waals surface area contributed by atoms with Gasteiger partial charge in [0.2, 0.25) is 5.13 Å². The number of nitrogens with one attached hydrogen (secondary N) is 1. The van der Waals surface area contributed by atoms with Gasteiger partial charge >= 0.3 is 0 Å². The second-order valence-electron chi connectivity index (χ2n) is 7.63. The number of halogens is 1. The summed E-state index contributed by atoms with van der Waals surface area (Å²) in [5.41, 5.74) is 2.11. The Morgan fingerprint density at radius 3 is 2.55 bits per heavy atom. The first-order chi connectivity index (χ1) is 13.7. The predicted molar refractivity (Wildman–Crippen MR) is 108 cm³/mol. The van der Waals surface area contributed by atoms with Gasteiger partial charge < -0.3 is 4.52 Å². The topological polar surface area (TPSA) is 93.8 Å². The van der Waals surface area contributed by atoms with Crippen LogP contribution in [0.25, 0.3) is 22.4 Å². The number of benzene rings is 1. The van der Waals surface area contributed by atoms with Gasteiger partial charge in [-0.1, -0.05) is 37.3 Å². The molecule has 0 bridgehead atoms. The van der Waals surface area contributed by atoms with Gasteiger partial charge in [-0.05, 0) is 37.3 Å². The van der Waals surface area contributed by atoms with Crippen molar-refractivity contribution >= 4 is 33.5 Å². The van der Waals surface area contributed by atoms with Crippen LogP contribution in [-0.2, 0) is 5.41 Å². The van der Waals surface area contributed by atoms with Gasteiger partial charge in [0.25, 0.3) is 11.6 Å². The van der Waals surface area contributed by atoms with Crippen LogP contribution in [-0.4, -0.2) is 26.2 Å². The number of anilines is 1. The fraction of sp³-hybridized carbons (Fsp3) is 0.250. The van der Waals surface area contributed by atoms with E-state index in [0.29, 0.717) is 33.0 Å². The number of fused-ring (bicyclic) bond motifs is 1. The SMILES string of the molecule is Cc1noc2nc(-c3ccc(F)cc3)cc(C(=O)Nc3nnc(C(C)(C)C)s3)c12. The molecule has 3 aromatic heterocycles. The van der Waals surface area contributed by atoms with Crippen molar-refractivity contribution in [1.82, 2.24) is 20.3 Å². The lowest BCUT2D eigenvalue weighted by molar-refractivity contribution is 0.102. The summed E-state index contributed by atoms with van der Waals surface area (Å²) in [5.74, 6) is -0.724. The molecule has 0 aliphatic rings. The molecule has 0 aliphatic heterocycles. The summed E-state index contributed by atoms with van der Waals surface area (Å²) in [6.45, 7) is 7.83. The van der Waals surface area contributed by atoms with E-state index >= 15 is 0 Å². The third kappa shape index (κ3) is 3.73. The van der Waals surface area contributed by atoms with Crippen LogP contribution in [0.3, 0.4) is 0 Å². The standard InChI is InChI=1S/C20H18FN5O2S/c1-10-15-13(16(27)23-19-25-24-18(29-19)20(2,3)4)9-14(22-17(15)28-26-10)11-5-7-12(21)8-6-11/h5-9H,1-4H3,(H,23,25,27). The first kappa shape index (κ1) is 19.1. The fourth-order valence-corrected chi connectivity index (χ4v) is 3.58. The molecule has 4 aromatic rings. The molecule has 4 rings (SSSR count). The third-order valence-corrected chi connectivity index (χ3v) is 5.55. The van der Waals surface area contributed by atoms with Crippen LogP contribution in [0.1, 0.15) is 41.8 Å². The van der Waals surface area contributed by atoms with Gasteiger partial charge in [-0.3, -0.25) is 10.1 Å². The summed E-state index contributed by atoms with van der Waals surface area (Å²) >= 11 is 1.33. The van der Waals surface area contributed by atoms with Gasteiger partial charge in [-0.25, -0.2) is 9.37 Å². The Bertz CT molecular complexity index is 1210. The molecule has 0 fully saturated rings. The Morgan fingerprint density at radius 2 is 1.90 bits per heavy atom. The van der Waals surface area contributed by atoms with Crippen molar-refractivity contribution in [1.29, 1.82) is 0 Å². The normalized spacial score (nSPS) is 11.8. The quantitative estimate of drug-likeness (QED) is 0.523. The molecule has 7 nitrogen and oxygen atoms in total. The van der Waals surface area contributed by atoms with Crippen LogP contribution in [0, 0.1) is 12.7 Å². The number of nitrogens with zero attached hydrogens (tertiary/aromatic N) is 4. The van der Waals surface area contributed by atoms with Crippen molar-refractivity contribution in [3.8, 4) is 11.3 Å². The summed E-state index contributed by atoms with van der Waals surface area (Å²) in [6, 6.07) is 7.49. The van der Waals surface area contributed by atoms with E-state index in [2.05, 4.69) is 25.7 Å². The van der Waals surface area contributed by atoms with E-state index in [-0.39, 0.29) is 22.9 Å². The second-order valence-corrected chi connectivity index (χ2v) is 8.60. The molecule has 3 heterocycles. The average Bonchev–Trinajstić information content (AvgIpc) is 3.28. The Balaban J connectivity index is 1.75. The van der Waals surface area contributed by atoms with E-state index < -0.39 is 0 Å². The minimum Gasteiger partial charge on any atom is -0.335 e. The predicted octanol–water partition coefficient (Wildman–Crippen LogP) is 4.74. The molecule has 0 saturated heterocycles. The highest BCUT2D eigenvalue weighted by atomic mass is 32.1. The number of amides is 1. The van der Waals surface area contributed by atoms with Gasteiger partial charge in [0, 0.05) is 11.0 Å². The van der Waals surface area contributed by atoms with Crippen LogP contribution in [0.15, 0.2) is 34.9 Å². The van der Waals surface area contributed by atoms with Crippen LogP contribution in [0.4, 0.5) is 9.52 Å². The molecule has 0 saturated carbocycles. The molecule has 0 atom stereocenters.